The molecule has 0 aliphatic carbocycles. The zero-order valence-electron chi connectivity index (χ0n) is 10.4. The van der Waals surface area contributed by atoms with Crippen molar-refractivity contribution in [2.45, 2.75) is 6.92 Å². The van der Waals surface area contributed by atoms with Crippen LogP contribution in [-0.2, 0) is 0 Å². The predicted molar refractivity (Wildman–Crippen MR) is 73.1 cm³/mol. The zero-order chi connectivity index (χ0) is 14.3. The summed E-state index contributed by atoms with van der Waals surface area (Å²) in [6.45, 7) is 1.76. The molecule has 1 aromatic heterocycles. The van der Waals surface area contributed by atoms with Crippen LogP contribution in [0.2, 0.25) is 0 Å². The molecule has 1 aliphatic rings. The summed E-state index contributed by atoms with van der Waals surface area (Å²) in [6.07, 6.45) is 0. The number of imide groups is 1. The first-order chi connectivity index (χ1) is 9.60. The van der Waals surface area contributed by atoms with Crippen molar-refractivity contribution in [2.24, 2.45) is 0 Å². The largest absolute Gasteiger partial charge is 0.345 e. The van der Waals surface area contributed by atoms with E-state index in [1.807, 2.05) is 0 Å². The van der Waals surface area contributed by atoms with Crippen LogP contribution in [0.1, 0.15) is 32.0 Å². The Morgan fingerprint density at radius 2 is 2.05 bits per heavy atom. The van der Waals surface area contributed by atoms with Gasteiger partial charge < -0.3 is 5.32 Å². The van der Waals surface area contributed by atoms with Crippen molar-refractivity contribution in [3.05, 3.63) is 40.6 Å². The van der Waals surface area contributed by atoms with Gasteiger partial charge >= 0.3 is 0 Å². The molecule has 0 bridgehead atoms. The van der Waals surface area contributed by atoms with Gasteiger partial charge in [-0.1, -0.05) is 0 Å². The smallest absolute Gasteiger partial charge is 0.259 e. The molecule has 0 fully saturated rings. The third kappa shape index (κ3) is 1.83. The summed E-state index contributed by atoms with van der Waals surface area (Å²) in [5.74, 6) is -0.794. The van der Waals surface area contributed by atoms with E-state index < -0.39 is 5.91 Å². The first-order valence-electron chi connectivity index (χ1n) is 5.73. The van der Waals surface area contributed by atoms with E-state index in [0.29, 0.717) is 33.1 Å². The number of benzene rings is 1. The van der Waals surface area contributed by atoms with Crippen LogP contribution in [0.25, 0.3) is 0 Å². The molecule has 0 atom stereocenters. The van der Waals surface area contributed by atoms with Crippen molar-refractivity contribution >= 4 is 34.0 Å². The summed E-state index contributed by atoms with van der Waals surface area (Å²) in [6, 6.07) is 6.94. The highest BCUT2D eigenvalue weighted by Crippen LogP contribution is 2.29. The highest BCUT2D eigenvalue weighted by atomic mass is 32.1. The van der Waals surface area contributed by atoms with Crippen LogP contribution < -0.4 is 10.6 Å². The van der Waals surface area contributed by atoms with Crippen LogP contribution in [-0.4, -0.2) is 16.2 Å². The fraction of sp³-hybridized carbons (Fsp3) is 0.0769. The Hall–Kier alpha value is -2.72. The molecule has 2 heterocycles. The second-order valence-electron chi connectivity index (χ2n) is 4.25. The van der Waals surface area contributed by atoms with Gasteiger partial charge in [0.1, 0.15) is 16.6 Å². The molecule has 0 spiro atoms. The number of hydrogen-bond donors (Lipinski definition) is 2. The Morgan fingerprint density at radius 1 is 1.30 bits per heavy atom. The average molecular weight is 284 g/mol. The van der Waals surface area contributed by atoms with E-state index in [9.17, 15) is 9.59 Å². The molecule has 0 radical (unpaired) electrons. The number of aryl methyl sites for hydroxylation is 1. The number of hydrogen-bond acceptors (Lipinski definition) is 6. The minimum absolute atomic E-state index is 0.333. The summed E-state index contributed by atoms with van der Waals surface area (Å²) in [5, 5.41) is 15.0. The SMILES string of the molecule is Cc1nsc(Nc2ccc3c(c2)C(=O)NC3=O)c1C#N. The van der Waals surface area contributed by atoms with Crippen molar-refractivity contribution in [2.75, 3.05) is 5.32 Å². The fourth-order valence-electron chi connectivity index (χ4n) is 1.96. The number of anilines is 2. The maximum atomic E-state index is 11.6. The number of carbonyl (C=O) groups excluding carboxylic acids is 2. The molecule has 20 heavy (non-hydrogen) atoms. The summed E-state index contributed by atoms with van der Waals surface area (Å²) >= 11 is 1.18. The Morgan fingerprint density at radius 3 is 2.80 bits per heavy atom. The highest BCUT2D eigenvalue weighted by Gasteiger charge is 2.26. The molecular formula is C13H8N4O2S. The lowest BCUT2D eigenvalue weighted by Gasteiger charge is -2.05. The van der Waals surface area contributed by atoms with Crippen LogP contribution in [0.5, 0.6) is 0 Å². The molecule has 7 heteroatoms. The summed E-state index contributed by atoms with van der Waals surface area (Å²) < 4.78 is 4.11. The Labute approximate surface area is 118 Å². The van der Waals surface area contributed by atoms with Gasteiger partial charge in [0.05, 0.1) is 16.8 Å². The number of fused-ring (bicyclic) bond motifs is 1. The summed E-state index contributed by atoms with van der Waals surface area (Å²) in [7, 11) is 0. The van der Waals surface area contributed by atoms with Crippen LogP contribution >= 0.6 is 11.5 Å². The Kier molecular flexibility index (Phi) is 2.73. The van der Waals surface area contributed by atoms with Gasteiger partial charge in [-0.05, 0) is 36.7 Å². The van der Waals surface area contributed by atoms with E-state index in [1.165, 1.54) is 11.5 Å². The van der Waals surface area contributed by atoms with E-state index >= 15 is 0 Å². The maximum absolute atomic E-state index is 11.6. The second kappa shape index (κ2) is 4.43. The third-order valence-corrected chi connectivity index (χ3v) is 3.82. The molecule has 2 aromatic rings. The zero-order valence-corrected chi connectivity index (χ0v) is 11.2. The van der Waals surface area contributed by atoms with Gasteiger partial charge in [-0.3, -0.25) is 14.9 Å². The van der Waals surface area contributed by atoms with Crippen molar-refractivity contribution in [3.63, 3.8) is 0 Å². The highest BCUT2D eigenvalue weighted by molar-refractivity contribution is 7.10. The molecule has 3 rings (SSSR count). The number of rotatable bonds is 2. The van der Waals surface area contributed by atoms with Gasteiger partial charge in [0.15, 0.2) is 0 Å². The lowest BCUT2D eigenvalue weighted by atomic mass is 10.1. The summed E-state index contributed by atoms with van der Waals surface area (Å²) in [4.78, 5) is 23.0. The van der Waals surface area contributed by atoms with E-state index in [-0.39, 0.29) is 5.91 Å². The predicted octanol–water partition coefficient (Wildman–Crippen LogP) is 1.95. The van der Waals surface area contributed by atoms with Crippen LogP contribution in [0, 0.1) is 18.3 Å². The number of carbonyl (C=O) groups is 2. The molecular weight excluding hydrogens is 276 g/mol. The van der Waals surface area contributed by atoms with Crippen molar-refractivity contribution in [1.29, 1.82) is 5.26 Å². The normalized spacial score (nSPS) is 12.8. The Bertz CT molecular complexity index is 788. The van der Waals surface area contributed by atoms with E-state index in [4.69, 9.17) is 5.26 Å². The molecule has 2 N–H and O–H groups in total. The van der Waals surface area contributed by atoms with E-state index in [2.05, 4.69) is 21.1 Å². The first-order valence-corrected chi connectivity index (χ1v) is 6.50. The quantitative estimate of drug-likeness (QED) is 0.822. The number of nitrogens with zero attached hydrogens (tertiary/aromatic N) is 2. The Balaban J connectivity index is 1.97. The molecule has 0 saturated heterocycles. The number of nitrogens with one attached hydrogen (secondary N) is 2. The molecule has 1 aromatic carbocycles. The van der Waals surface area contributed by atoms with Crippen LogP contribution in [0.4, 0.5) is 10.7 Å². The van der Waals surface area contributed by atoms with Crippen molar-refractivity contribution in [1.82, 2.24) is 9.69 Å². The monoisotopic (exact) mass is 284 g/mol. The number of amides is 2. The van der Waals surface area contributed by atoms with Gasteiger partial charge in [-0.15, -0.1) is 0 Å². The standard InChI is InChI=1S/C13H8N4O2S/c1-6-10(5-14)13(20-17-6)15-7-2-3-8-9(4-7)12(19)16-11(8)18/h2-4,15H,1H3,(H,16,18,19). The maximum Gasteiger partial charge on any atom is 0.259 e. The van der Waals surface area contributed by atoms with Gasteiger partial charge in [0, 0.05) is 5.69 Å². The minimum Gasteiger partial charge on any atom is -0.345 e. The molecule has 98 valence electrons. The summed E-state index contributed by atoms with van der Waals surface area (Å²) in [5.41, 5.74) is 2.47. The van der Waals surface area contributed by atoms with Gasteiger partial charge in [-0.2, -0.15) is 9.64 Å². The lowest BCUT2D eigenvalue weighted by Crippen LogP contribution is -2.19. The van der Waals surface area contributed by atoms with Crippen LogP contribution in [0.3, 0.4) is 0 Å². The molecule has 2 amide bonds. The molecule has 0 unspecified atom stereocenters. The van der Waals surface area contributed by atoms with Gasteiger partial charge in [0.2, 0.25) is 0 Å². The minimum atomic E-state index is -0.408. The third-order valence-electron chi connectivity index (χ3n) is 2.97. The topological polar surface area (TPSA) is 94.9 Å². The van der Waals surface area contributed by atoms with Gasteiger partial charge in [0.25, 0.3) is 11.8 Å². The van der Waals surface area contributed by atoms with E-state index in [1.54, 1.807) is 25.1 Å². The molecule has 0 saturated carbocycles. The number of nitriles is 1. The lowest BCUT2D eigenvalue weighted by molar-refractivity contribution is 0.0879. The molecule has 1 aliphatic heterocycles. The van der Waals surface area contributed by atoms with Crippen LogP contribution in [0.15, 0.2) is 18.2 Å². The number of aromatic nitrogens is 1. The molecule has 6 nitrogen and oxygen atoms in total. The first kappa shape index (κ1) is 12.3. The average Bonchev–Trinajstić information content (AvgIpc) is 2.91. The second-order valence-corrected chi connectivity index (χ2v) is 5.03. The van der Waals surface area contributed by atoms with Gasteiger partial charge in [-0.25, -0.2) is 0 Å². The van der Waals surface area contributed by atoms with E-state index in [0.717, 1.165) is 0 Å². The van der Waals surface area contributed by atoms with Crippen molar-refractivity contribution < 1.29 is 9.59 Å². The van der Waals surface area contributed by atoms with Crippen molar-refractivity contribution in [3.8, 4) is 6.07 Å². The fourth-order valence-corrected chi connectivity index (χ4v) is 2.73.